The highest BCUT2D eigenvalue weighted by molar-refractivity contribution is 6.07. The van der Waals surface area contributed by atoms with Gasteiger partial charge in [-0.15, -0.1) is 0 Å². The van der Waals surface area contributed by atoms with Crippen molar-refractivity contribution in [2.24, 2.45) is 11.8 Å². The average molecular weight is 349 g/mol. The lowest BCUT2D eigenvalue weighted by Crippen LogP contribution is -2.53. The van der Waals surface area contributed by atoms with Crippen LogP contribution in [0.2, 0.25) is 0 Å². The molecule has 0 saturated heterocycles. The highest BCUT2D eigenvalue weighted by atomic mass is 16.5. The molecular weight excluding hydrogens is 328 g/mol. The summed E-state index contributed by atoms with van der Waals surface area (Å²) < 4.78 is 13.0. The number of carbonyl (C=O) groups excluding carboxylic acids is 1. The number of fused-ring (bicyclic) bond motifs is 6. The number of aromatic nitrogens is 2. The number of nitrogens with zero attached hydrogens (tertiary/aromatic N) is 1. The number of nitrogens with one attached hydrogen (secondary N) is 1. The molecule has 5 rings (SSSR count). The first kappa shape index (κ1) is 15.4. The number of hydrogen-bond acceptors (Lipinski definition) is 3. The largest absolute Gasteiger partial charge is 0.497 e. The molecule has 3 aromatic rings. The number of hydrogen-bond donors (Lipinski definition) is 1. The lowest BCUT2D eigenvalue weighted by Gasteiger charge is -2.36. The van der Waals surface area contributed by atoms with Crippen molar-refractivity contribution in [2.75, 3.05) is 7.11 Å². The molecule has 0 aliphatic carbocycles. The first-order valence-corrected chi connectivity index (χ1v) is 9.03. The van der Waals surface area contributed by atoms with Crippen LogP contribution in [-0.2, 0) is 27.2 Å². The van der Waals surface area contributed by atoms with Crippen molar-refractivity contribution in [2.45, 2.75) is 26.0 Å². The summed E-state index contributed by atoms with van der Waals surface area (Å²) in [4.78, 5) is 15.8. The number of aromatic amines is 1. The van der Waals surface area contributed by atoms with Crippen LogP contribution < -0.4 is 4.57 Å². The van der Waals surface area contributed by atoms with Crippen LogP contribution in [0.3, 0.4) is 0 Å². The second-order valence-corrected chi connectivity index (χ2v) is 7.25. The summed E-state index contributed by atoms with van der Waals surface area (Å²) in [5, 5.41) is 2.46. The molecule has 2 aromatic heterocycles. The van der Waals surface area contributed by atoms with Crippen molar-refractivity contribution in [3.8, 4) is 0 Å². The van der Waals surface area contributed by atoms with Crippen molar-refractivity contribution in [3.05, 3.63) is 54.1 Å². The van der Waals surface area contributed by atoms with Crippen LogP contribution in [0.5, 0.6) is 0 Å². The van der Waals surface area contributed by atoms with E-state index in [2.05, 4.69) is 46.9 Å². The van der Waals surface area contributed by atoms with Gasteiger partial charge in [-0.3, -0.25) is 0 Å². The van der Waals surface area contributed by atoms with E-state index in [1.54, 1.807) is 6.26 Å². The number of esters is 1. The molecule has 4 heterocycles. The third-order valence-electron chi connectivity index (χ3n) is 5.97. The van der Waals surface area contributed by atoms with Crippen molar-refractivity contribution >= 4 is 27.8 Å². The number of benzene rings is 1. The summed E-state index contributed by atoms with van der Waals surface area (Å²) in [7, 11) is 1.43. The Balaban J connectivity index is 1.68. The average Bonchev–Trinajstić information content (AvgIpc) is 3.06. The topological polar surface area (TPSA) is 55.2 Å². The molecule has 3 atom stereocenters. The van der Waals surface area contributed by atoms with Gasteiger partial charge in [-0.2, -0.15) is 0 Å². The predicted molar refractivity (Wildman–Crippen MR) is 97.3 cm³/mol. The molecule has 0 bridgehead atoms. The van der Waals surface area contributed by atoms with Gasteiger partial charge < -0.3 is 14.5 Å². The number of pyridine rings is 1. The zero-order chi connectivity index (χ0) is 17.8. The second-order valence-electron chi connectivity index (χ2n) is 7.25. The lowest BCUT2D eigenvalue weighted by molar-refractivity contribution is -0.717. The molecule has 1 aromatic carbocycles. The fraction of sp³-hybridized carbons (Fsp3) is 0.333. The van der Waals surface area contributed by atoms with Gasteiger partial charge in [0.05, 0.1) is 24.9 Å². The Bertz CT molecular complexity index is 1070. The number of ether oxygens (including phenoxy) is 2. The maximum absolute atomic E-state index is 12.3. The summed E-state index contributed by atoms with van der Waals surface area (Å²) in [5.41, 5.74) is 4.19. The van der Waals surface area contributed by atoms with Crippen LogP contribution in [0.15, 0.2) is 48.4 Å². The van der Waals surface area contributed by atoms with Crippen molar-refractivity contribution in [1.82, 2.24) is 4.98 Å². The third kappa shape index (κ3) is 2.09. The van der Waals surface area contributed by atoms with Crippen molar-refractivity contribution in [1.29, 1.82) is 0 Å². The number of methoxy groups -OCH3 is 1. The molecule has 26 heavy (non-hydrogen) atoms. The Hall–Kier alpha value is -2.82. The minimum atomic E-state index is -0.288. The van der Waals surface area contributed by atoms with E-state index in [-0.39, 0.29) is 23.9 Å². The summed E-state index contributed by atoms with van der Waals surface area (Å²) in [6.45, 7) is 2.91. The van der Waals surface area contributed by atoms with Crippen molar-refractivity contribution < 1.29 is 18.8 Å². The van der Waals surface area contributed by atoms with Gasteiger partial charge >= 0.3 is 5.97 Å². The van der Waals surface area contributed by atoms with Crippen LogP contribution in [0.25, 0.3) is 21.8 Å². The second kappa shape index (κ2) is 5.59. The molecule has 0 fully saturated rings. The van der Waals surface area contributed by atoms with Gasteiger partial charge in [0.15, 0.2) is 12.7 Å². The van der Waals surface area contributed by atoms with Crippen LogP contribution >= 0.6 is 0 Å². The van der Waals surface area contributed by atoms with Gasteiger partial charge in [0.2, 0.25) is 5.69 Å². The Morgan fingerprint density at radius 1 is 1.27 bits per heavy atom. The normalized spacial score (nSPS) is 24.5. The molecule has 5 heteroatoms. The monoisotopic (exact) mass is 349 g/mol. The Morgan fingerprint density at radius 2 is 2.12 bits per heavy atom. The van der Waals surface area contributed by atoms with E-state index >= 15 is 0 Å². The van der Waals surface area contributed by atoms with E-state index in [0.29, 0.717) is 5.57 Å². The van der Waals surface area contributed by atoms with E-state index in [1.165, 1.54) is 23.6 Å². The summed E-state index contributed by atoms with van der Waals surface area (Å²) >= 11 is 0. The molecule has 1 unspecified atom stereocenters. The fourth-order valence-electron chi connectivity index (χ4n) is 4.57. The molecular formula is C21H21N2O3+. The first-order valence-electron chi connectivity index (χ1n) is 9.03. The third-order valence-corrected chi connectivity index (χ3v) is 5.97. The zero-order valence-electron chi connectivity index (χ0n) is 14.9. The smallest absolute Gasteiger partial charge is 0.337 e. The summed E-state index contributed by atoms with van der Waals surface area (Å²) in [6, 6.07) is 10.5. The Morgan fingerprint density at radius 3 is 2.96 bits per heavy atom. The Labute approximate surface area is 151 Å². The highest BCUT2D eigenvalue weighted by Crippen LogP contribution is 2.38. The van der Waals surface area contributed by atoms with Gasteiger partial charge in [0.25, 0.3) is 0 Å². The number of para-hydroxylation sites is 1. The fourth-order valence-corrected chi connectivity index (χ4v) is 4.57. The minimum absolute atomic E-state index is 0.0764. The van der Waals surface area contributed by atoms with Gasteiger partial charge in [-0.1, -0.05) is 18.2 Å². The molecule has 0 saturated carbocycles. The first-order chi connectivity index (χ1) is 12.7. The summed E-state index contributed by atoms with van der Waals surface area (Å²) in [5.74, 6) is 0.0841. The number of rotatable bonds is 1. The lowest BCUT2D eigenvalue weighted by atomic mass is 9.76. The molecule has 2 aliphatic rings. The quantitative estimate of drug-likeness (QED) is 0.543. The SMILES string of the molecule is COC(=O)C1=CO[C@@H](C)[C@H]2C[n+]3ccc4c([nH]c5ccccc54)c3CC12. The van der Waals surface area contributed by atoms with E-state index in [9.17, 15) is 4.79 Å². The van der Waals surface area contributed by atoms with E-state index in [4.69, 9.17) is 9.47 Å². The van der Waals surface area contributed by atoms with Gasteiger partial charge in [-0.05, 0) is 13.0 Å². The maximum Gasteiger partial charge on any atom is 0.337 e. The van der Waals surface area contributed by atoms with E-state index < -0.39 is 0 Å². The van der Waals surface area contributed by atoms with Gasteiger partial charge in [0, 0.05) is 34.7 Å². The van der Waals surface area contributed by atoms with Crippen LogP contribution in [-0.4, -0.2) is 24.2 Å². The molecule has 132 valence electrons. The molecule has 0 spiro atoms. The highest BCUT2D eigenvalue weighted by Gasteiger charge is 2.45. The molecule has 1 N–H and O–H groups in total. The maximum atomic E-state index is 12.3. The Kier molecular flexibility index (Phi) is 3.32. The molecule has 5 nitrogen and oxygen atoms in total. The minimum Gasteiger partial charge on any atom is -0.497 e. The molecule has 0 amide bonds. The summed E-state index contributed by atoms with van der Waals surface area (Å²) in [6.07, 6.45) is 4.64. The number of carbonyl (C=O) groups is 1. The van der Waals surface area contributed by atoms with Gasteiger partial charge in [0.1, 0.15) is 11.6 Å². The van der Waals surface area contributed by atoms with Gasteiger partial charge in [-0.25, -0.2) is 9.36 Å². The van der Waals surface area contributed by atoms with Crippen LogP contribution in [0.1, 0.15) is 12.6 Å². The standard InChI is InChI=1S/C21H20N2O3/c1-12-16-10-23-8-7-14-13-5-3-4-6-18(13)22-20(14)19(23)9-15(16)17(11-26-12)21(24)25-2/h3-8,11-12,15-16H,9-10H2,1-2H3/p+1/t12-,15?,16+/m0/s1. The molecule has 2 aliphatic heterocycles. The number of H-pyrrole nitrogens is 1. The van der Waals surface area contributed by atoms with E-state index in [1.807, 2.05) is 6.07 Å². The van der Waals surface area contributed by atoms with Crippen LogP contribution in [0, 0.1) is 11.8 Å². The molecule has 0 radical (unpaired) electrons. The zero-order valence-corrected chi connectivity index (χ0v) is 14.9. The van der Waals surface area contributed by atoms with E-state index in [0.717, 1.165) is 24.0 Å². The van der Waals surface area contributed by atoms with Crippen molar-refractivity contribution in [3.63, 3.8) is 0 Å². The predicted octanol–water partition coefficient (Wildman–Crippen LogP) is 2.87. The van der Waals surface area contributed by atoms with Crippen LogP contribution in [0.4, 0.5) is 0 Å².